The molecule has 1 fully saturated rings. The van der Waals surface area contributed by atoms with Gasteiger partial charge in [-0.25, -0.2) is 9.98 Å². The number of benzene rings is 2. The van der Waals surface area contributed by atoms with Crippen molar-refractivity contribution in [1.82, 2.24) is 9.38 Å². The van der Waals surface area contributed by atoms with E-state index in [1.807, 2.05) is 40.9 Å². The molecule has 0 atom stereocenters. The van der Waals surface area contributed by atoms with Crippen LogP contribution in [0.2, 0.25) is 0 Å². The van der Waals surface area contributed by atoms with Gasteiger partial charge in [0.25, 0.3) is 5.69 Å². The molecule has 0 aliphatic carbocycles. The summed E-state index contributed by atoms with van der Waals surface area (Å²) in [5.41, 5.74) is 3.37. The molecule has 2 aromatic carbocycles. The first-order valence-electron chi connectivity index (χ1n) is 11.9. The van der Waals surface area contributed by atoms with E-state index in [4.69, 9.17) is 14.7 Å². The average molecular weight is 486 g/mol. The van der Waals surface area contributed by atoms with Gasteiger partial charge in [-0.1, -0.05) is 19.1 Å². The summed E-state index contributed by atoms with van der Waals surface area (Å²) in [5, 5.41) is 21.9. The highest BCUT2D eigenvalue weighted by Gasteiger charge is 2.23. The first-order chi connectivity index (χ1) is 17.4. The lowest BCUT2D eigenvalue weighted by molar-refractivity contribution is -0.384. The van der Waals surface area contributed by atoms with Crippen LogP contribution in [0.5, 0.6) is 11.5 Å². The van der Waals surface area contributed by atoms with Gasteiger partial charge in [-0.15, -0.1) is 0 Å². The summed E-state index contributed by atoms with van der Waals surface area (Å²) < 4.78 is 7.11. The number of nitro groups is 1. The van der Waals surface area contributed by atoms with Gasteiger partial charge in [-0.2, -0.15) is 0 Å². The highest BCUT2D eigenvalue weighted by Crippen LogP contribution is 2.37. The number of phenolic OH excluding ortho intramolecular Hbond substituents is 1. The summed E-state index contributed by atoms with van der Waals surface area (Å²) in [6.07, 6.45) is 5.53. The van der Waals surface area contributed by atoms with E-state index in [0.29, 0.717) is 40.1 Å². The molecular formula is C27H27N5O4. The molecule has 9 heteroatoms. The highest BCUT2D eigenvalue weighted by atomic mass is 16.6. The van der Waals surface area contributed by atoms with Gasteiger partial charge in [-0.05, 0) is 60.7 Å². The number of hydrogen-bond acceptors (Lipinski definition) is 7. The molecule has 4 aromatic rings. The lowest BCUT2D eigenvalue weighted by atomic mass is 9.98. The van der Waals surface area contributed by atoms with Gasteiger partial charge in [-0.3, -0.25) is 14.5 Å². The van der Waals surface area contributed by atoms with E-state index in [2.05, 4.69) is 11.8 Å². The van der Waals surface area contributed by atoms with Gasteiger partial charge >= 0.3 is 0 Å². The number of fused-ring (bicyclic) bond motifs is 1. The molecule has 1 N–H and O–H groups in total. The Hall–Kier alpha value is -4.40. The van der Waals surface area contributed by atoms with Crippen LogP contribution in [0.25, 0.3) is 16.9 Å². The Bertz CT molecular complexity index is 1450. The highest BCUT2D eigenvalue weighted by molar-refractivity contribution is 5.87. The van der Waals surface area contributed by atoms with Crippen molar-refractivity contribution in [1.29, 1.82) is 0 Å². The number of aromatic nitrogens is 2. The predicted molar refractivity (Wildman–Crippen MR) is 140 cm³/mol. The first kappa shape index (κ1) is 23.3. The van der Waals surface area contributed by atoms with Crippen molar-refractivity contribution >= 4 is 29.1 Å². The number of aromatic hydroxyl groups is 1. The minimum atomic E-state index is -0.326. The van der Waals surface area contributed by atoms with Crippen LogP contribution in [0.1, 0.15) is 25.3 Å². The number of nitro benzene ring substituents is 1. The van der Waals surface area contributed by atoms with Crippen LogP contribution in [0, 0.1) is 16.0 Å². The van der Waals surface area contributed by atoms with Gasteiger partial charge in [0.2, 0.25) is 0 Å². The van der Waals surface area contributed by atoms with Gasteiger partial charge in [0, 0.05) is 37.1 Å². The molecule has 0 amide bonds. The van der Waals surface area contributed by atoms with Crippen LogP contribution in [-0.4, -0.2) is 45.8 Å². The molecule has 2 aromatic heterocycles. The van der Waals surface area contributed by atoms with Crippen molar-refractivity contribution in [2.24, 2.45) is 10.9 Å². The first-order valence-corrected chi connectivity index (χ1v) is 11.9. The molecule has 1 aliphatic rings. The summed E-state index contributed by atoms with van der Waals surface area (Å²) in [5.74, 6) is 1.57. The maximum atomic E-state index is 11.9. The number of hydrogen-bond donors (Lipinski definition) is 1. The van der Waals surface area contributed by atoms with Gasteiger partial charge in [0.1, 0.15) is 17.0 Å². The van der Waals surface area contributed by atoms with Crippen LogP contribution < -0.4 is 9.64 Å². The van der Waals surface area contributed by atoms with Crippen molar-refractivity contribution in [2.45, 2.75) is 19.8 Å². The van der Waals surface area contributed by atoms with Crippen LogP contribution in [0.15, 0.2) is 65.8 Å². The number of rotatable bonds is 6. The van der Waals surface area contributed by atoms with Gasteiger partial charge in [0.05, 0.1) is 12.0 Å². The molecule has 0 radical (unpaired) electrons. The lowest BCUT2D eigenvalue weighted by Gasteiger charge is -2.31. The third-order valence-electron chi connectivity index (χ3n) is 6.61. The zero-order valence-corrected chi connectivity index (χ0v) is 20.2. The van der Waals surface area contributed by atoms with E-state index >= 15 is 0 Å². The van der Waals surface area contributed by atoms with E-state index in [1.54, 1.807) is 30.5 Å². The molecule has 0 bridgehead atoms. The minimum absolute atomic E-state index is 0.0330. The molecule has 184 valence electrons. The van der Waals surface area contributed by atoms with Crippen molar-refractivity contribution < 1.29 is 14.8 Å². The normalized spacial score (nSPS) is 14.6. The van der Waals surface area contributed by atoms with Crippen molar-refractivity contribution in [2.75, 3.05) is 25.1 Å². The number of pyridine rings is 1. The molecule has 3 heterocycles. The maximum Gasteiger partial charge on any atom is 0.293 e. The van der Waals surface area contributed by atoms with E-state index in [0.717, 1.165) is 31.5 Å². The van der Waals surface area contributed by atoms with E-state index in [-0.39, 0.29) is 16.4 Å². The second-order valence-corrected chi connectivity index (χ2v) is 9.03. The van der Waals surface area contributed by atoms with Crippen LogP contribution in [-0.2, 0) is 0 Å². The van der Waals surface area contributed by atoms with Gasteiger partial charge in [0.15, 0.2) is 17.3 Å². The molecule has 36 heavy (non-hydrogen) atoms. The molecule has 0 unspecified atom stereocenters. The summed E-state index contributed by atoms with van der Waals surface area (Å²) in [6, 6.07) is 15.9. The second-order valence-electron chi connectivity index (χ2n) is 9.03. The van der Waals surface area contributed by atoms with Crippen LogP contribution in [0.3, 0.4) is 0 Å². The van der Waals surface area contributed by atoms with Crippen LogP contribution >= 0.6 is 0 Å². The number of nitrogens with zero attached hydrogens (tertiary/aromatic N) is 5. The Balaban J connectivity index is 1.54. The topological polar surface area (TPSA) is 106 Å². The summed E-state index contributed by atoms with van der Waals surface area (Å²) in [4.78, 5) is 23.1. The molecule has 0 spiro atoms. The van der Waals surface area contributed by atoms with E-state index in [1.165, 1.54) is 7.11 Å². The standard InChI is InChI=1S/C27H27N5O4/c1-18-10-13-30(14-11-18)21-8-6-19(15-22(21)32(34)35)17-28-27-26(29-25-5-3-4-12-31(25)27)20-7-9-23(33)24(16-20)36-2/h3-9,12,15-18,33H,10-11,13-14H2,1-2H3/b28-17+. The number of imidazole rings is 1. The Morgan fingerprint density at radius 3 is 2.72 bits per heavy atom. The minimum Gasteiger partial charge on any atom is -0.504 e. The quantitative estimate of drug-likeness (QED) is 0.216. The number of aliphatic imine (C=N–C) groups is 1. The summed E-state index contributed by atoms with van der Waals surface area (Å²) >= 11 is 0. The Labute approximate surface area is 208 Å². The lowest BCUT2D eigenvalue weighted by Crippen LogP contribution is -2.33. The smallest absolute Gasteiger partial charge is 0.293 e. The zero-order valence-electron chi connectivity index (χ0n) is 20.2. The number of anilines is 1. The van der Waals surface area contributed by atoms with Gasteiger partial charge < -0.3 is 14.7 Å². The molecule has 1 saturated heterocycles. The Kier molecular flexibility index (Phi) is 6.28. The predicted octanol–water partition coefficient (Wildman–Crippen LogP) is 5.61. The monoisotopic (exact) mass is 485 g/mol. The number of phenols is 1. The largest absolute Gasteiger partial charge is 0.504 e. The molecule has 5 rings (SSSR count). The van der Waals surface area contributed by atoms with E-state index < -0.39 is 0 Å². The summed E-state index contributed by atoms with van der Waals surface area (Å²) in [6.45, 7) is 3.85. The van der Waals surface area contributed by atoms with Crippen molar-refractivity contribution in [3.63, 3.8) is 0 Å². The SMILES string of the molecule is COc1cc(-c2nc3ccccn3c2/N=C/c2ccc(N3CCC(C)CC3)c([N+](=O)[O-])c2)ccc1O. The summed E-state index contributed by atoms with van der Waals surface area (Å²) in [7, 11) is 1.49. The number of piperidine rings is 1. The maximum absolute atomic E-state index is 11.9. The Morgan fingerprint density at radius 1 is 1.17 bits per heavy atom. The molecule has 1 aliphatic heterocycles. The third-order valence-corrected chi connectivity index (χ3v) is 6.61. The average Bonchev–Trinajstić information content (AvgIpc) is 3.26. The van der Waals surface area contributed by atoms with Crippen LogP contribution in [0.4, 0.5) is 17.2 Å². The van der Waals surface area contributed by atoms with Crippen molar-refractivity contribution in [3.8, 4) is 22.8 Å². The fourth-order valence-corrected chi connectivity index (χ4v) is 4.54. The van der Waals surface area contributed by atoms with Crippen molar-refractivity contribution in [3.05, 3.63) is 76.5 Å². The molecule has 0 saturated carbocycles. The Morgan fingerprint density at radius 2 is 1.97 bits per heavy atom. The fourth-order valence-electron chi connectivity index (χ4n) is 4.54. The fraction of sp³-hybridized carbons (Fsp3) is 0.259. The zero-order chi connectivity index (χ0) is 25.2. The number of ether oxygens (including phenoxy) is 1. The number of methoxy groups -OCH3 is 1. The molecular weight excluding hydrogens is 458 g/mol. The second kappa shape index (κ2) is 9.69. The van der Waals surface area contributed by atoms with E-state index in [9.17, 15) is 15.2 Å². The molecule has 9 nitrogen and oxygen atoms in total. The third kappa shape index (κ3) is 4.47.